The van der Waals surface area contributed by atoms with Crippen LogP contribution in [0.25, 0.3) is 22.2 Å². The van der Waals surface area contributed by atoms with Gasteiger partial charge in [0.1, 0.15) is 5.52 Å². The predicted molar refractivity (Wildman–Crippen MR) is 68.9 cm³/mol. The second-order valence-electron chi connectivity index (χ2n) is 3.74. The number of hydrogen-bond donors (Lipinski definition) is 1. The normalized spacial score (nSPS) is 10.9. The molecule has 0 aliphatic rings. The van der Waals surface area contributed by atoms with Crippen LogP contribution in [0.15, 0.2) is 46.9 Å². The highest BCUT2D eigenvalue weighted by atomic mass is 35.5. The smallest absolute Gasteiger partial charge is 0.292 e. The van der Waals surface area contributed by atoms with Crippen LogP contribution in [0.1, 0.15) is 0 Å². The fourth-order valence-corrected chi connectivity index (χ4v) is 1.98. The van der Waals surface area contributed by atoms with Gasteiger partial charge in [-0.25, -0.2) is 0 Å². The summed E-state index contributed by atoms with van der Waals surface area (Å²) in [6.07, 6.45) is 0. The van der Waals surface area contributed by atoms with Crippen LogP contribution in [0.3, 0.4) is 0 Å². The average molecular weight is 245 g/mol. The first kappa shape index (κ1) is 10.2. The summed E-state index contributed by atoms with van der Waals surface area (Å²) >= 11 is 5.96. The van der Waals surface area contributed by atoms with Crippen molar-refractivity contribution in [1.82, 2.24) is 4.98 Å². The Hall–Kier alpha value is -2.00. The van der Waals surface area contributed by atoms with Crippen molar-refractivity contribution in [3.05, 3.63) is 47.5 Å². The molecule has 4 heteroatoms. The molecule has 3 nitrogen and oxygen atoms in total. The SMILES string of the molecule is Nc1nc2cc(-c3cccc(Cl)c3)ccc2o1. The number of benzene rings is 2. The van der Waals surface area contributed by atoms with E-state index in [1.165, 1.54) is 0 Å². The van der Waals surface area contributed by atoms with Gasteiger partial charge in [0.25, 0.3) is 6.01 Å². The van der Waals surface area contributed by atoms with Crippen molar-refractivity contribution < 1.29 is 4.42 Å². The van der Waals surface area contributed by atoms with E-state index in [0.29, 0.717) is 10.6 Å². The Balaban J connectivity index is 2.17. The minimum absolute atomic E-state index is 0.184. The number of anilines is 1. The van der Waals surface area contributed by atoms with Gasteiger partial charge in [-0.15, -0.1) is 0 Å². The van der Waals surface area contributed by atoms with Crippen LogP contribution in [-0.2, 0) is 0 Å². The number of fused-ring (bicyclic) bond motifs is 1. The second-order valence-corrected chi connectivity index (χ2v) is 4.18. The topological polar surface area (TPSA) is 52.0 Å². The van der Waals surface area contributed by atoms with Crippen LogP contribution in [0.5, 0.6) is 0 Å². The summed E-state index contributed by atoms with van der Waals surface area (Å²) < 4.78 is 5.22. The van der Waals surface area contributed by atoms with Crippen LogP contribution in [0.4, 0.5) is 6.01 Å². The zero-order valence-electron chi connectivity index (χ0n) is 8.85. The molecule has 0 saturated carbocycles. The van der Waals surface area contributed by atoms with Crippen molar-refractivity contribution in [1.29, 1.82) is 0 Å². The molecule has 3 aromatic rings. The summed E-state index contributed by atoms with van der Waals surface area (Å²) in [6.45, 7) is 0. The number of aromatic nitrogens is 1. The third-order valence-electron chi connectivity index (χ3n) is 2.56. The van der Waals surface area contributed by atoms with Crippen molar-refractivity contribution in [2.45, 2.75) is 0 Å². The van der Waals surface area contributed by atoms with Gasteiger partial charge in [0.15, 0.2) is 5.58 Å². The molecule has 0 atom stereocenters. The summed E-state index contributed by atoms with van der Waals surface area (Å²) in [6, 6.07) is 13.6. The fourth-order valence-electron chi connectivity index (χ4n) is 1.79. The first-order valence-corrected chi connectivity index (χ1v) is 5.52. The van der Waals surface area contributed by atoms with Crippen molar-refractivity contribution in [2.75, 3.05) is 5.73 Å². The summed E-state index contributed by atoms with van der Waals surface area (Å²) in [5, 5.41) is 0.710. The molecule has 1 heterocycles. The molecule has 0 saturated heterocycles. The maximum atomic E-state index is 5.96. The van der Waals surface area contributed by atoms with E-state index in [-0.39, 0.29) is 6.01 Å². The molecule has 17 heavy (non-hydrogen) atoms. The number of halogens is 1. The van der Waals surface area contributed by atoms with Crippen LogP contribution in [0.2, 0.25) is 5.02 Å². The maximum Gasteiger partial charge on any atom is 0.292 e. The Kier molecular flexibility index (Phi) is 2.27. The van der Waals surface area contributed by atoms with E-state index >= 15 is 0 Å². The number of rotatable bonds is 1. The lowest BCUT2D eigenvalue weighted by molar-refractivity contribution is 0.626. The van der Waals surface area contributed by atoms with E-state index < -0.39 is 0 Å². The molecule has 0 bridgehead atoms. The highest BCUT2D eigenvalue weighted by Gasteiger charge is 2.05. The summed E-state index contributed by atoms with van der Waals surface area (Å²) in [7, 11) is 0. The minimum atomic E-state index is 0.184. The zero-order valence-corrected chi connectivity index (χ0v) is 9.61. The molecule has 2 aromatic carbocycles. The van der Waals surface area contributed by atoms with Crippen LogP contribution in [-0.4, -0.2) is 4.98 Å². The molecule has 84 valence electrons. The van der Waals surface area contributed by atoms with Crippen molar-refractivity contribution in [2.24, 2.45) is 0 Å². The third-order valence-corrected chi connectivity index (χ3v) is 2.80. The third kappa shape index (κ3) is 1.85. The van der Waals surface area contributed by atoms with Gasteiger partial charge >= 0.3 is 0 Å². The van der Waals surface area contributed by atoms with Crippen LogP contribution < -0.4 is 5.73 Å². The number of nitrogen functional groups attached to an aromatic ring is 1. The first-order chi connectivity index (χ1) is 8.22. The first-order valence-electron chi connectivity index (χ1n) is 5.14. The standard InChI is InChI=1S/C13H9ClN2O/c14-10-3-1-2-8(6-10)9-4-5-12-11(7-9)16-13(15)17-12/h1-7H,(H2,15,16). The minimum Gasteiger partial charge on any atom is -0.424 e. The van der Waals surface area contributed by atoms with E-state index in [4.69, 9.17) is 21.8 Å². The predicted octanol–water partition coefficient (Wildman–Crippen LogP) is 3.73. The van der Waals surface area contributed by atoms with E-state index in [9.17, 15) is 0 Å². The van der Waals surface area contributed by atoms with Gasteiger partial charge in [0.2, 0.25) is 0 Å². The van der Waals surface area contributed by atoms with Gasteiger partial charge in [-0.1, -0.05) is 29.8 Å². The number of oxazole rings is 1. The second kappa shape index (κ2) is 3.79. The van der Waals surface area contributed by atoms with E-state index in [1.807, 2.05) is 42.5 Å². The molecule has 0 spiro atoms. The fraction of sp³-hybridized carbons (Fsp3) is 0. The highest BCUT2D eigenvalue weighted by Crippen LogP contribution is 2.26. The van der Waals surface area contributed by atoms with Crippen molar-refractivity contribution >= 4 is 28.7 Å². The van der Waals surface area contributed by atoms with E-state index in [0.717, 1.165) is 16.6 Å². The lowest BCUT2D eigenvalue weighted by atomic mass is 10.1. The van der Waals surface area contributed by atoms with E-state index in [1.54, 1.807) is 0 Å². The molecule has 0 radical (unpaired) electrons. The van der Waals surface area contributed by atoms with Crippen molar-refractivity contribution in [3.63, 3.8) is 0 Å². The zero-order chi connectivity index (χ0) is 11.8. The Morgan fingerprint density at radius 3 is 2.71 bits per heavy atom. The van der Waals surface area contributed by atoms with Gasteiger partial charge in [0.05, 0.1) is 0 Å². The molecule has 0 aliphatic carbocycles. The number of hydrogen-bond acceptors (Lipinski definition) is 3. The molecular weight excluding hydrogens is 236 g/mol. The van der Waals surface area contributed by atoms with Gasteiger partial charge in [-0.3, -0.25) is 0 Å². The van der Waals surface area contributed by atoms with E-state index in [2.05, 4.69) is 4.98 Å². The van der Waals surface area contributed by atoms with Gasteiger partial charge in [-0.2, -0.15) is 4.98 Å². The molecule has 3 rings (SSSR count). The summed E-state index contributed by atoms with van der Waals surface area (Å²) in [5.74, 6) is 0. The maximum absolute atomic E-state index is 5.96. The van der Waals surface area contributed by atoms with Crippen LogP contribution >= 0.6 is 11.6 Å². The lowest BCUT2D eigenvalue weighted by Crippen LogP contribution is -1.81. The van der Waals surface area contributed by atoms with Crippen molar-refractivity contribution in [3.8, 4) is 11.1 Å². The van der Waals surface area contributed by atoms with Gasteiger partial charge in [0, 0.05) is 5.02 Å². The van der Waals surface area contributed by atoms with Gasteiger partial charge in [-0.05, 0) is 35.4 Å². The quantitative estimate of drug-likeness (QED) is 0.710. The number of nitrogens with zero attached hydrogens (tertiary/aromatic N) is 1. The molecule has 0 amide bonds. The number of nitrogens with two attached hydrogens (primary N) is 1. The monoisotopic (exact) mass is 244 g/mol. The average Bonchev–Trinajstić information content (AvgIpc) is 2.68. The molecule has 0 aliphatic heterocycles. The highest BCUT2D eigenvalue weighted by molar-refractivity contribution is 6.30. The molecular formula is C13H9ClN2O. The molecule has 2 N–H and O–H groups in total. The Morgan fingerprint density at radius 1 is 1.06 bits per heavy atom. The largest absolute Gasteiger partial charge is 0.424 e. The Morgan fingerprint density at radius 2 is 1.88 bits per heavy atom. The van der Waals surface area contributed by atoms with Crippen LogP contribution in [0, 0.1) is 0 Å². The Bertz CT molecular complexity index is 691. The molecule has 1 aromatic heterocycles. The Labute approximate surface area is 103 Å². The summed E-state index contributed by atoms with van der Waals surface area (Å²) in [5.41, 5.74) is 9.02. The lowest BCUT2D eigenvalue weighted by Gasteiger charge is -2.01. The van der Waals surface area contributed by atoms with Gasteiger partial charge < -0.3 is 10.2 Å². The molecule has 0 unspecified atom stereocenters. The summed E-state index contributed by atoms with van der Waals surface area (Å²) in [4.78, 5) is 4.10. The molecule has 0 fully saturated rings.